The summed E-state index contributed by atoms with van der Waals surface area (Å²) in [6.07, 6.45) is 9.60. The Labute approximate surface area is 173 Å². The highest BCUT2D eigenvalue weighted by molar-refractivity contribution is 7.19. The molecule has 1 aliphatic carbocycles. The molecule has 0 spiro atoms. The van der Waals surface area contributed by atoms with Gasteiger partial charge in [-0.05, 0) is 55.7 Å². The molecule has 0 unspecified atom stereocenters. The standard InChI is InChI=1S/C22H24N6S/c1-14-5-6-16-17(12-14)29-22-19(16)21(23-13-24-22)27-10-7-15(8-11-27)20-26-25-18-4-2-3-9-28(18)20/h2-4,9,13-15H,5-8,10-12H2,1H3/t14-/m0/s1. The fourth-order valence-corrected chi connectivity index (χ4v) is 6.33. The molecule has 1 saturated heterocycles. The van der Waals surface area contributed by atoms with Crippen LogP contribution in [0, 0.1) is 5.92 Å². The van der Waals surface area contributed by atoms with Crippen LogP contribution in [0.3, 0.4) is 0 Å². The van der Waals surface area contributed by atoms with E-state index in [2.05, 4.69) is 37.6 Å². The fourth-order valence-electron chi connectivity index (χ4n) is 4.99. The van der Waals surface area contributed by atoms with Gasteiger partial charge >= 0.3 is 0 Å². The van der Waals surface area contributed by atoms with Crippen LogP contribution in [0.15, 0.2) is 30.7 Å². The molecule has 0 aromatic carbocycles. The van der Waals surface area contributed by atoms with E-state index in [1.165, 1.54) is 39.9 Å². The summed E-state index contributed by atoms with van der Waals surface area (Å²) in [7, 11) is 0. The summed E-state index contributed by atoms with van der Waals surface area (Å²) >= 11 is 1.88. The maximum Gasteiger partial charge on any atom is 0.160 e. The minimum absolute atomic E-state index is 0.443. The minimum Gasteiger partial charge on any atom is -0.356 e. The zero-order valence-corrected chi connectivity index (χ0v) is 17.4. The first-order valence-electron chi connectivity index (χ1n) is 10.6. The summed E-state index contributed by atoms with van der Waals surface area (Å²) < 4.78 is 2.14. The Hall–Kier alpha value is -2.54. The first-order chi connectivity index (χ1) is 14.3. The van der Waals surface area contributed by atoms with Gasteiger partial charge in [0.15, 0.2) is 5.65 Å². The predicted molar refractivity (Wildman–Crippen MR) is 116 cm³/mol. The molecule has 148 valence electrons. The third kappa shape index (κ3) is 2.82. The van der Waals surface area contributed by atoms with Crippen LogP contribution < -0.4 is 4.90 Å². The maximum absolute atomic E-state index is 4.76. The smallest absolute Gasteiger partial charge is 0.160 e. The average molecular weight is 405 g/mol. The van der Waals surface area contributed by atoms with E-state index in [9.17, 15) is 0 Å². The molecule has 0 amide bonds. The van der Waals surface area contributed by atoms with E-state index in [0.29, 0.717) is 5.92 Å². The van der Waals surface area contributed by atoms with Crippen molar-refractivity contribution in [3.8, 4) is 0 Å². The highest BCUT2D eigenvalue weighted by Crippen LogP contribution is 2.41. The van der Waals surface area contributed by atoms with Gasteiger partial charge in [-0.25, -0.2) is 9.97 Å². The molecule has 6 rings (SSSR count). The number of anilines is 1. The molecule has 29 heavy (non-hydrogen) atoms. The number of piperidine rings is 1. The average Bonchev–Trinajstić information content (AvgIpc) is 3.34. The Morgan fingerprint density at radius 3 is 2.86 bits per heavy atom. The Kier molecular flexibility index (Phi) is 4.04. The lowest BCUT2D eigenvalue weighted by atomic mass is 9.89. The second-order valence-corrected chi connectivity index (χ2v) is 9.56. The molecule has 0 bridgehead atoms. The number of aromatic nitrogens is 5. The summed E-state index contributed by atoms with van der Waals surface area (Å²) in [6.45, 7) is 4.36. The molecule has 7 heteroatoms. The van der Waals surface area contributed by atoms with Crippen LogP contribution in [0.25, 0.3) is 15.9 Å². The number of hydrogen-bond donors (Lipinski definition) is 0. The molecule has 0 radical (unpaired) electrons. The van der Waals surface area contributed by atoms with Gasteiger partial charge in [0.2, 0.25) is 0 Å². The summed E-state index contributed by atoms with van der Waals surface area (Å²) in [5, 5.41) is 10.2. The molecule has 5 heterocycles. The van der Waals surface area contributed by atoms with Gasteiger partial charge in [-0.2, -0.15) is 0 Å². The van der Waals surface area contributed by atoms with E-state index in [4.69, 9.17) is 4.98 Å². The second kappa shape index (κ2) is 6.76. The third-order valence-corrected chi connectivity index (χ3v) is 7.73. The molecular weight excluding hydrogens is 380 g/mol. The largest absolute Gasteiger partial charge is 0.356 e. The first-order valence-corrected chi connectivity index (χ1v) is 11.4. The molecular formula is C22H24N6S. The monoisotopic (exact) mass is 404 g/mol. The number of rotatable bonds is 2. The van der Waals surface area contributed by atoms with Gasteiger partial charge in [0.05, 0.1) is 5.39 Å². The van der Waals surface area contributed by atoms with Crippen LogP contribution in [-0.4, -0.2) is 37.7 Å². The lowest BCUT2D eigenvalue weighted by Crippen LogP contribution is -2.34. The lowest BCUT2D eigenvalue weighted by molar-refractivity contribution is 0.480. The quantitative estimate of drug-likeness (QED) is 0.500. The summed E-state index contributed by atoms with van der Waals surface area (Å²) in [5.74, 6) is 3.46. The van der Waals surface area contributed by atoms with E-state index >= 15 is 0 Å². The topological polar surface area (TPSA) is 59.2 Å². The molecule has 0 saturated carbocycles. The minimum atomic E-state index is 0.443. The molecule has 1 aliphatic heterocycles. The van der Waals surface area contributed by atoms with Gasteiger partial charge in [-0.1, -0.05) is 13.0 Å². The Balaban J connectivity index is 1.29. The van der Waals surface area contributed by atoms with Crippen LogP contribution >= 0.6 is 11.3 Å². The van der Waals surface area contributed by atoms with Crippen molar-refractivity contribution >= 4 is 33.0 Å². The second-order valence-electron chi connectivity index (χ2n) is 8.48. The van der Waals surface area contributed by atoms with Crippen molar-refractivity contribution < 1.29 is 0 Å². The molecule has 4 aromatic rings. The van der Waals surface area contributed by atoms with Gasteiger partial charge in [0.1, 0.15) is 22.8 Å². The molecule has 1 atom stereocenters. The van der Waals surface area contributed by atoms with E-state index in [-0.39, 0.29) is 0 Å². The Bertz CT molecular complexity index is 1190. The Morgan fingerprint density at radius 1 is 1.07 bits per heavy atom. The first kappa shape index (κ1) is 17.3. The van der Waals surface area contributed by atoms with Crippen LogP contribution in [0.4, 0.5) is 5.82 Å². The summed E-state index contributed by atoms with van der Waals surface area (Å²) in [5.41, 5.74) is 2.45. The van der Waals surface area contributed by atoms with Crippen molar-refractivity contribution in [2.75, 3.05) is 18.0 Å². The van der Waals surface area contributed by atoms with Crippen LogP contribution in [-0.2, 0) is 12.8 Å². The molecule has 4 aromatic heterocycles. The van der Waals surface area contributed by atoms with Gasteiger partial charge in [-0.15, -0.1) is 21.5 Å². The van der Waals surface area contributed by atoms with E-state index in [1.54, 1.807) is 6.33 Å². The van der Waals surface area contributed by atoms with Gasteiger partial charge in [0.25, 0.3) is 0 Å². The number of nitrogens with zero attached hydrogens (tertiary/aromatic N) is 6. The van der Waals surface area contributed by atoms with Crippen LogP contribution in [0.5, 0.6) is 0 Å². The predicted octanol–water partition coefficient (Wildman–Crippen LogP) is 4.24. The normalized spacial score (nSPS) is 20.4. The highest BCUT2D eigenvalue weighted by Gasteiger charge is 2.29. The van der Waals surface area contributed by atoms with E-state index in [1.807, 2.05) is 29.5 Å². The fraction of sp³-hybridized carbons (Fsp3) is 0.455. The maximum atomic E-state index is 4.76. The summed E-state index contributed by atoms with van der Waals surface area (Å²) in [4.78, 5) is 14.5. The number of aryl methyl sites for hydroxylation is 1. The van der Waals surface area contributed by atoms with Crippen molar-refractivity contribution in [2.24, 2.45) is 5.92 Å². The van der Waals surface area contributed by atoms with E-state index < -0.39 is 0 Å². The molecule has 1 fully saturated rings. The van der Waals surface area contributed by atoms with Gasteiger partial charge in [-0.3, -0.25) is 4.40 Å². The van der Waals surface area contributed by atoms with Gasteiger partial charge < -0.3 is 4.90 Å². The van der Waals surface area contributed by atoms with Crippen LogP contribution in [0.1, 0.15) is 48.4 Å². The van der Waals surface area contributed by atoms with Gasteiger partial charge in [0, 0.05) is 30.1 Å². The van der Waals surface area contributed by atoms with Crippen molar-refractivity contribution in [1.29, 1.82) is 0 Å². The number of hydrogen-bond acceptors (Lipinski definition) is 6. The number of pyridine rings is 1. The van der Waals surface area contributed by atoms with Crippen molar-refractivity contribution in [3.05, 3.63) is 47.0 Å². The Morgan fingerprint density at radius 2 is 1.97 bits per heavy atom. The number of fused-ring (bicyclic) bond motifs is 4. The number of thiophene rings is 1. The zero-order chi connectivity index (χ0) is 19.4. The third-order valence-electron chi connectivity index (χ3n) is 6.57. The van der Waals surface area contributed by atoms with Crippen molar-refractivity contribution in [1.82, 2.24) is 24.6 Å². The summed E-state index contributed by atoms with van der Waals surface area (Å²) in [6, 6.07) is 6.08. The zero-order valence-electron chi connectivity index (χ0n) is 16.6. The molecule has 0 N–H and O–H groups in total. The van der Waals surface area contributed by atoms with Crippen molar-refractivity contribution in [2.45, 2.75) is 44.9 Å². The SMILES string of the molecule is C[C@H]1CCc2c(sc3ncnc(N4CCC(c5nnc6ccccn56)CC4)c23)C1. The van der Waals surface area contributed by atoms with Crippen molar-refractivity contribution in [3.63, 3.8) is 0 Å². The highest BCUT2D eigenvalue weighted by atomic mass is 32.1. The van der Waals surface area contributed by atoms with E-state index in [0.717, 1.165) is 49.1 Å². The van der Waals surface area contributed by atoms with Crippen LogP contribution in [0.2, 0.25) is 0 Å². The molecule has 2 aliphatic rings. The lowest BCUT2D eigenvalue weighted by Gasteiger charge is -2.32. The molecule has 6 nitrogen and oxygen atoms in total.